The predicted octanol–water partition coefficient (Wildman–Crippen LogP) is 1.98. The number of fused-ring (bicyclic) bond motifs is 1. The number of hydrogen-bond acceptors (Lipinski definition) is 4. The van der Waals surface area contributed by atoms with E-state index in [1.165, 1.54) is 4.90 Å². The van der Waals surface area contributed by atoms with E-state index in [0.717, 1.165) is 5.69 Å². The van der Waals surface area contributed by atoms with Gasteiger partial charge in [0, 0.05) is 12.6 Å². The van der Waals surface area contributed by atoms with Gasteiger partial charge in [0.15, 0.2) is 0 Å². The highest BCUT2D eigenvalue weighted by Crippen LogP contribution is 2.46. The van der Waals surface area contributed by atoms with E-state index in [1.54, 1.807) is 36.9 Å². The van der Waals surface area contributed by atoms with Gasteiger partial charge in [0.1, 0.15) is 5.82 Å². The first-order valence-corrected chi connectivity index (χ1v) is 7.97. The maximum Gasteiger partial charge on any atom is 0.268 e. The van der Waals surface area contributed by atoms with E-state index < -0.39 is 11.5 Å². The molecule has 1 amide bonds. The van der Waals surface area contributed by atoms with Crippen molar-refractivity contribution in [1.82, 2.24) is 9.78 Å². The average Bonchev–Trinajstić information content (AvgIpc) is 3.04. The molecular formula is C19H18N4O2. The number of aryl methyl sites for hydroxylation is 1. The van der Waals surface area contributed by atoms with E-state index in [1.807, 2.05) is 36.4 Å². The van der Waals surface area contributed by atoms with Crippen LogP contribution >= 0.6 is 0 Å². The topological polar surface area (TPSA) is 84.4 Å². The predicted molar refractivity (Wildman–Crippen MR) is 95.6 cm³/mol. The van der Waals surface area contributed by atoms with Crippen molar-refractivity contribution >= 4 is 17.4 Å². The first-order chi connectivity index (χ1) is 12.0. The van der Waals surface area contributed by atoms with Crippen LogP contribution < -0.4 is 10.6 Å². The van der Waals surface area contributed by atoms with Crippen LogP contribution in [0, 0.1) is 6.92 Å². The molecule has 1 aromatic heterocycles. The molecule has 0 aliphatic carbocycles. The number of carbonyl (C=O) groups excluding carboxylic acids is 1. The summed E-state index contributed by atoms with van der Waals surface area (Å²) in [5, 5.41) is 15.9. The van der Waals surface area contributed by atoms with Crippen molar-refractivity contribution in [2.45, 2.75) is 12.5 Å². The fourth-order valence-corrected chi connectivity index (χ4v) is 3.54. The monoisotopic (exact) mass is 334 g/mol. The summed E-state index contributed by atoms with van der Waals surface area (Å²) < 4.78 is 1.55. The summed E-state index contributed by atoms with van der Waals surface area (Å²) in [5.74, 6) is -0.180. The number of carbonyl (C=O) groups is 1. The largest absolute Gasteiger partial charge is 0.383 e. The zero-order valence-corrected chi connectivity index (χ0v) is 14.0. The van der Waals surface area contributed by atoms with Gasteiger partial charge >= 0.3 is 0 Å². The van der Waals surface area contributed by atoms with Crippen molar-refractivity contribution in [1.29, 1.82) is 0 Å². The quantitative estimate of drug-likeness (QED) is 0.750. The number of likely N-dealkylation sites (N-methyl/N-ethyl adjacent to an activating group) is 1. The van der Waals surface area contributed by atoms with Crippen LogP contribution in [0.2, 0.25) is 0 Å². The van der Waals surface area contributed by atoms with Gasteiger partial charge in [0.2, 0.25) is 5.60 Å². The summed E-state index contributed by atoms with van der Waals surface area (Å²) in [6.45, 7) is 1.75. The van der Waals surface area contributed by atoms with E-state index in [-0.39, 0.29) is 5.82 Å². The second kappa shape index (κ2) is 5.19. The number of benzene rings is 2. The van der Waals surface area contributed by atoms with Crippen molar-refractivity contribution in [2.75, 3.05) is 17.7 Å². The Kier molecular flexibility index (Phi) is 3.20. The molecule has 6 heteroatoms. The summed E-state index contributed by atoms with van der Waals surface area (Å²) in [7, 11) is 1.65. The molecule has 4 rings (SSSR count). The van der Waals surface area contributed by atoms with Crippen LogP contribution in [0.3, 0.4) is 0 Å². The minimum Gasteiger partial charge on any atom is -0.383 e. The Hall–Kier alpha value is -3.12. The van der Waals surface area contributed by atoms with Gasteiger partial charge in [-0.1, -0.05) is 36.4 Å². The molecule has 126 valence electrons. The standard InChI is InChI=1S/C19H18N4O2/c1-12-16(17(20)23(21-12)13-8-4-3-5-9-13)19(25)14-10-6-7-11-15(14)22(2)18(19)24/h3-11,25H,20H2,1-2H3/t19-/m1/s1. The van der Waals surface area contributed by atoms with Crippen LogP contribution in [0.4, 0.5) is 11.5 Å². The molecule has 1 aliphatic rings. The number of nitrogens with zero attached hydrogens (tertiary/aromatic N) is 3. The van der Waals surface area contributed by atoms with Gasteiger partial charge in [0.05, 0.1) is 22.6 Å². The molecule has 0 unspecified atom stereocenters. The number of anilines is 2. The van der Waals surface area contributed by atoms with E-state index >= 15 is 0 Å². The molecule has 0 radical (unpaired) electrons. The van der Waals surface area contributed by atoms with Crippen LogP contribution in [0.1, 0.15) is 16.8 Å². The third-order valence-electron chi connectivity index (χ3n) is 4.73. The van der Waals surface area contributed by atoms with E-state index in [4.69, 9.17) is 5.73 Å². The van der Waals surface area contributed by atoms with Crippen LogP contribution in [0.5, 0.6) is 0 Å². The fourth-order valence-electron chi connectivity index (χ4n) is 3.54. The Morgan fingerprint density at radius 3 is 2.44 bits per heavy atom. The highest BCUT2D eigenvalue weighted by molar-refractivity contribution is 6.09. The lowest BCUT2D eigenvalue weighted by atomic mass is 9.87. The lowest BCUT2D eigenvalue weighted by Crippen LogP contribution is -2.40. The highest BCUT2D eigenvalue weighted by atomic mass is 16.3. The third-order valence-corrected chi connectivity index (χ3v) is 4.73. The average molecular weight is 334 g/mol. The zero-order chi connectivity index (χ0) is 17.8. The van der Waals surface area contributed by atoms with Crippen LogP contribution in [-0.4, -0.2) is 27.8 Å². The highest BCUT2D eigenvalue weighted by Gasteiger charge is 2.52. The molecule has 2 heterocycles. The molecule has 0 bridgehead atoms. The van der Waals surface area contributed by atoms with Gasteiger partial charge in [0.25, 0.3) is 5.91 Å². The number of aliphatic hydroxyl groups is 1. The van der Waals surface area contributed by atoms with Gasteiger partial charge in [-0.05, 0) is 25.1 Å². The van der Waals surface area contributed by atoms with Crippen LogP contribution in [-0.2, 0) is 10.4 Å². The van der Waals surface area contributed by atoms with Crippen molar-refractivity contribution in [3.63, 3.8) is 0 Å². The number of nitrogen functional groups attached to an aromatic ring is 1. The molecule has 0 spiro atoms. The van der Waals surface area contributed by atoms with Crippen molar-refractivity contribution in [2.24, 2.45) is 0 Å². The second-order valence-corrected chi connectivity index (χ2v) is 6.18. The lowest BCUT2D eigenvalue weighted by molar-refractivity contribution is -0.131. The summed E-state index contributed by atoms with van der Waals surface area (Å²) >= 11 is 0. The summed E-state index contributed by atoms with van der Waals surface area (Å²) in [5.41, 5.74) is 7.30. The fraction of sp³-hybridized carbons (Fsp3) is 0.158. The Balaban J connectivity index is 1.97. The minimum absolute atomic E-state index is 0.254. The number of hydrogen-bond donors (Lipinski definition) is 2. The Morgan fingerprint density at radius 2 is 1.72 bits per heavy atom. The molecule has 3 aromatic rings. The molecule has 0 fully saturated rings. The smallest absolute Gasteiger partial charge is 0.268 e. The third kappa shape index (κ3) is 1.94. The number of para-hydroxylation sites is 2. The minimum atomic E-state index is -1.84. The van der Waals surface area contributed by atoms with Gasteiger partial charge < -0.3 is 15.7 Å². The van der Waals surface area contributed by atoms with E-state index in [0.29, 0.717) is 22.5 Å². The second-order valence-electron chi connectivity index (χ2n) is 6.18. The molecule has 0 saturated heterocycles. The van der Waals surface area contributed by atoms with E-state index in [9.17, 15) is 9.90 Å². The summed E-state index contributed by atoms with van der Waals surface area (Å²) in [6, 6.07) is 16.6. The Morgan fingerprint density at radius 1 is 1.08 bits per heavy atom. The van der Waals surface area contributed by atoms with E-state index in [2.05, 4.69) is 5.10 Å². The lowest BCUT2D eigenvalue weighted by Gasteiger charge is -2.22. The molecule has 0 saturated carbocycles. The number of amides is 1. The molecule has 1 atom stereocenters. The van der Waals surface area contributed by atoms with Gasteiger partial charge in [-0.3, -0.25) is 4.79 Å². The first-order valence-electron chi connectivity index (χ1n) is 7.97. The first kappa shape index (κ1) is 15.4. The summed E-state index contributed by atoms with van der Waals surface area (Å²) in [4.78, 5) is 14.4. The number of rotatable bonds is 2. The maximum atomic E-state index is 12.9. The zero-order valence-electron chi connectivity index (χ0n) is 14.0. The molecule has 25 heavy (non-hydrogen) atoms. The van der Waals surface area contributed by atoms with Gasteiger partial charge in [-0.15, -0.1) is 0 Å². The molecule has 2 aromatic carbocycles. The van der Waals surface area contributed by atoms with Gasteiger partial charge in [-0.25, -0.2) is 4.68 Å². The van der Waals surface area contributed by atoms with Crippen LogP contribution in [0.25, 0.3) is 5.69 Å². The SMILES string of the molecule is Cc1nn(-c2ccccc2)c(N)c1[C@@]1(O)C(=O)N(C)c2ccccc21. The molecule has 3 N–H and O–H groups in total. The van der Waals surface area contributed by atoms with Crippen molar-refractivity contribution < 1.29 is 9.90 Å². The number of nitrogens with two attached hydrogens (primary N) is 1. The number of aromatic nitrogens is 2. The van der Waals surface area contributed by atoms with Crippen LogP contribution in [0.15, 0.2) is 54.6 Å². The normalized spacial score (nSPS) is 19.3. The molecule has 6 nitrogen and oxygen atoms in total. The Bertz CT molecular complexity index is 980. The van der Waals surface area contributed by atoms with Crippen molar-refractivity contribution in [3.05, 3.63) is 71.4 Å². The maximum absolute atomic E-state index is 12.9. The van der Waals surface area contributed by atoms with Gasteiger partial charge in [-0.2, -0.15) is 5.10 Å². The summed E-state index contributed by atoms with van der Waals surface area (Å²) in [6.07, 6.45) is 0. The Labute approximate surface area is 145 Å². The molecule has 1 aliphatic heterocycles. The van der Waals surface area contributed by atoms with Crippen molar-refractivity contribution in [3.8, 4) is 5.69 Å². The molecular weight excluding hydrogens is 316 g/mol.